The van der Waals surface area contributed by atoms with Gasteiger partial charge in [0.25, 0.3) is 0 Å². The minimum absolute atomic E-state index is 0.136. The molecule has 5 nitrogen and oxygen atoms in total. The number of hydrogen-bond acceptors (Lipinski definition) is 5. The van der Waals surface area contributed by atoms with Crippen molar-refractivity contribution < 1.29 is 14.3 Å². The molecule has 21 heavy (non-hydrogen) atoms. The first-order valence-electron chi connectivity index (χ1n) is 6.10. The molecule has 1 heterocycles. The van der Waals surface area contributed by atoms with E-state index in [9.17, 15) is 9.59 Å². The van der Waals surface area contributed by atoms with Gasteiger partial charge < -0.3 is 10.1 Å². The lowest BCUT2D eigenvalue weighted by Crippen LogP contribution is -2.17. The Balaban J connectivity index is 2.07. The van der Waals surface area contributed by atoms with E-state index in [1.54, 1.807) is 24.3 Å². The van der Waals surface area contributed by atoms with Crippen LogP contribution in [-0.4, -0.2) is 24.0 Å². The number of nitrogens with zero attached hydrogens (tertiary/aromatic N) is 1. The fraction of sp³-hybridized carbons (Fsp3) is 0.214. The molecule has 0 atom stereocenters. The summed E-state index contributed by atoms with van der Waals surface area (Å²) < 4.78 is 4.68. The van der Waals surface area contributed by atoms with Crippen LogP contribution in [0.25, 0.3) is 0 Å². The molecule has 0 aliphatic heterocycles. The van der Waals surface area contributed by atoms with E-state index < -0.39 is 5.97 Å². The van der Waals surface area contributed by atoms with Crippen LogP contribution in [0.1, 0.15) is 21.1 Å². The maximum Gasteiger partial charge on any atom is 0.339 e. The van der Waals surface area contributed by atoms with Crippen molar-refractivity contribution in [2.45, 2.75) is 12.3 Å². The lowest BCUT2D eigenvalue weighted by Gasteiger charge is -2.08. The highest BCUT2D eigenvalue weighted by Gasteiger charge is 2.14. The van der Waals surface area contributed by atoms with E-state index in [1.807, 2.05) is 5.38 Å². The minimum Gasteiger partial charge on any atom is -0.465 e. The second kappa shape index (κ2) is 7.19. The molecule has 0 saturated heterocycles. The van der Waals surface area contributed by atoms with Gasteiger partial charge in [-0.1, -0.05) is 12.1 Å². The molecular weight excluding hydrogens is 312 g/mol. The number of carbonyl (C=O) groups is 2. The number of halogens is 1. The van der Waals surface area contributed by atoms with Crippen LogP contribution in [0.3, 0.4) is 0 Å². The number of anilines is 1. The lowest BCUT2D eigenvalue weighted by molar-refractivity contribution is -0.115. The van der Waals surface area contributed by atoms with Crippen LogP contribution in [0.15, 0.2) is 29.6 Å². The van der Waals surface area contributed by atoms with Gasteiger partial charge in [0.15, 0.2) is 0 Å². The van der Waals surface area contributed by atoms with Gasteiger partial charge in [-0.15, -0.1) is 22.9 Å². The standard InChI is InChI=1S/C14H13ClN2O3S/c1-20-14(19)10-4-2-3-5-11(10)17-12(18)6-13-16-9(7-15)8-21-13/h2-5,8H,6-7H2,1H3,(H,17,18). The predicted molar refractivity (Wildman–Crippen MR) is 81.8 cm³/mol. The molecule has 0 unspecified atom stereocenters. The largest absolute Gasteiger partial charge is 0.465 e. The van der Waals surface area contributed by atoms with Crippen molar-refractivity contribution >= 4 is 40.5 Å². The molecule has 0 fully saturated rings. The average Bonchev–Trinajstić information content (AvgIpc) is 2.94. The first kappa shape index (κ1) is 15.5. The van der Waals surface area contributed by atoms with Crippen LogP contribution in [0.5, 0.6) is 0 Å². The van der Waals surface area contributed by atoms with E-state index in [0.717, 1.165) is 5.69 Å². The number of para-hydroxylation sites is 1. The topological polar surface area (TPSA) is 68.3 Å². The number of ether oxygens (including phenoxy) is 1. The number of nitrogens with one attached hydrogen (secondary N) is 1. The SMILES string of the molecule is COC(=O)c1ccccc1NC(=O)Cc1nc(CCl)cs1. The fourth-order valence-electron chi connectivity index (χ4n) is 1.70. The zero-order chi connectivity index (χ0) is 15.2. The van der Waals surface area contributed by atoms with E-state index in [-0.39, 0.29) is 12.3 Å². The molecular formula is C14H13ClN2O3S. The van der Waals surface area contributed by atoms with Crippen LogP contribution >= 0.6 is 22.9 Å². The van der Waals surface area contributed by atoms with Crippen molar-refractivity contribution in [3.63, 3.8) is 0 Å². The molecule has 1 N–H and O–H groups in total. The summed E-state index contributed by atoms with van der Waals surface area (Å²) in [6.07, 6.45) is 0.136. The highest BCUT2D eigenvalue weighted by atomic mass is 35.5. The van der Waals surface area contributed by atoms with Gasteiger partial charge >= 0.3 is 5.97 Å². The zero-order valence-corrected chi connectivity index (χ0v) is 12.8. The van der Waals surface area contributed by atoms with Crippen molar-refractivity contribution in [1.82, 2.24) is 4.98 Å². The quantitative estimate of drug-likeness (QED) is 0.678. The monoisotopic (exact) mass is 324 g/mol. The Morgan fingerprint density at radius 2 is 2.14 bits per heavy atom. The summed E-state index contributed by atoms with van der Waals surface area (Å²) in [5.41, 5.74) is 1.48. The van der Waals surface area contributed by atoms with Gasteiger partial charge in [0, 0.05) is 5.38 Å². The van der Waals surface area contributed by atoms with Crippen molar-refractivity contribution in [2.75, 3.05) is 12.4 Å². The van der Waals surface area contributed by atoms with Crippen LogP contribution in [0.4, 0.5) is 5.69 Å². The molecule has 2 rings (SSSR count). The molecule has 0 bridgehead atoms. The Morgan fingerprint density at radius 3 is 2.81 bits per heavy atom. The minimum atomic E-state index is -0.496. The van der Waals surface area contributed by atoms with E-state index in [4.69, 9.17) is 11.6 Å². The predicted octanol–water partition coefficient (Wildman–Crippen LogP) is 2.85. The molecule has 1 aromatic carbocycles. The van der Waals surface area contributed by atoms with Crippen LogP contribution in [-0.2, 0) is 21.8 Å². The van der Waals surface area contributed by atoms with Crippen LogP contribution < -0.4 is 5.32 Å². The smallest absolute Gasteiger partial charge is 0.339 e. The Morgan fingerprint density at radius 1 is 1.38 bits per heavy atom. The fourth-order valence-corrected chi connectivity index (χ4v) is 2.72. The first-order chi connectivity index (χ1) is 10.1. The number of methoxy groups -OCH3 is 1. The Kier molecular flexibility index (Phi) is 5.30. The maximum atomic E-state index is 12.0. The summed E-state index contributed by atoms with van der Waals surface area (Å²) in [4.78, 5) is 27.8. The number of carbonyl (C=O) groups excluding carboxylic acids is 2. The molecule has 110 valence electrons. The number of benzene rings is 1. The molecule has 7 heteroatoms. The summed E-state index contributed by atoms with van der Waals surface area (Å²) in [7, 11) is 1.30. The summed E-state index contributed by atoms with van der Waals surface area (Å²) in [5.74, 6) is -0.421. The van der Waals surface area contributed by atoms with Gasteiger partial charge in [-0.2, -0.15) is 0 Å². The summed E-state index contributed by atoms with van der Waals surface area (Å²) >= 11 is 7.05. The Bertz CT molecular complexity index is 657. The van der Waals surface area contributed by atoms with Crippen molar-refractivity contribution in [2.24, 2.45) is 0 Å². The molecule has 0 spiro atoms. The van der Waals surface area contributed by atoms with E-state index in [0.29, 0.717) is 22.1 Å². The second-order valence-electron chi connectivity index (χ2n) is 4.13. The highest BCUT2D eigenvalue weighted by Crippen LogP contribution is 2.17. The van der Waals surface area contributed by atoms with Crippen LogP contribution in [0.2, 0.25) is 0 Å². The number of hydrogen-bond donors (Lipinski definition) is 1. The van der Waals surface area contributed by atoms with Gasteiger partial charge in [-0.05, 0) is 12.1 Å². The van der Waals surface area contributed by atoms with E-state index in [2.05, 4.69) is 15.0 Å². The van der Waals surface area contributed by atoms with Gasteiger partial charge in [0.05, 0.1) is 36.4 Å². The third kappa shape index (κ3) is 4.03. The van der Waals surface area contributed by atoms with E-state index in [1.165, 1.54) is 18.4 Å². The molecule has 1 amide bonds. The highest BCUT2D eigenvalue weighted by molar-refractivity contribution is 7.09. The zero-order valence-electron chi connectivity index (χ0n) is 11.3. The van der Waals surface area contributed by atoms with Crippen molar-refractivity contribution in [3.05, 3.63) is 45.9 Å². The summed E-state index contributed by atoms with van der Waals surface area (Å²) in [5, 5.41) is 5.19. The number of thiazole rings is 1. The average molecular weight is 325 g/mol. The summed E-state index contributed by atoms with van der Waals surface area (Å²) in [6.45, 7) is 0. The molecule has 0 aliphatic rings. The Hall–Kier alpha value is -1.92. The number of rotatable bonds is 5. The third-order valence-corrected chi connectivity index (χ3v) is 3.83. The second-order valence-corrected chi connectivity index (χ2v) is 5.34. The van der Waals surface area contributed by atoms with E-state index >= 15 is 0 Å². The van der Waals surface area contributed by atoms with Gasteiger partial charge in [0.2, 0.25) is 5.91 Å². The normalized spacial score (nSPS) is 10.2. The molecule has 0 radical (unpaired) electrons. The molecule has 0 saturated carbocycles. The van der Waals surface area contributed by atoms with Gasteiger partial charge in [-0.25, -0.2) is 9.78 Å². The van der Waals surface area contributed by atoms with Gasteiger partial charge in [-0.3, -0.25) is 4.79 Å². The number of alkyl halides is 1. The molecule has 2 aromatic rings. The summed E-state index contributed by atoms with van der Waals surface area (Å²) in [6, 6.07) is 6.68. The van der Waals surface area contributed by atoms with Crippen LogP contribution in [0, 0.1) is 0 Å². The number of aromatic nitrogens is 1. The maximum absolute atomic E-state index is 12.0. The number of amides is 1. The number of esters is 1. The third-order valence-electron chi connectivity index (χ3n) is 2.65. The molecule has 1 aromatic heterocycles. The lowest BCUT2D eigenvalue weighted by atomic mass is 10.1. The van der Waals surface area contributed by atoms with Gasteiger partial charge in [0.1, 0.15) is 5.01 Å². The first-order valence-corrected chi connectivity index (χ1v) is 7.52. The Labute approximate surface area is 130 Å². The van der Waals surface area contributed by atoms with Crippen molar-refractivity contribution in [3.8, 4) is 0 Å². The van der Waals surface area contributed by atoms with Crippen molar-refractivity contribution in [1.29, 1.82) is 0 Å². The molecule has 0 aliphatic carbocycles.